The van der Waals surface area contributed by atoms with Gasteiger partial charge in [-0.3, -0.25) is 0 Å². The molecule has 4 aliphatic rings. The molecule has 0 heterocycles. The molecule has 1 aromatic rings. The first kappa shape index (κ1) is 26.6. The van der Waals surface area contributed by atoms with Crippen LogP contribution in [0.2, 0.25) is 0 Å². The van der Waals surface area contributed by atoms with Gasteiger partial charge in [0.25, 0.3) is 0 Å². The average molecular weight is 495 g/mol. The molecule has 2 heteroatoms. The summed E-state index contributed by atoms with van der Waals surface area (Å²) in [4.78, 5) is 0. The van der Waals surface area contributed by atoms with Gasteiger partial charge in [0.05, 0.1) is 6.10 Å². The summed E-state index contributed by atoms with van der Waals surface area (Å²) >= 11 is 0. The molecule has 10 atom stereocenters. The molecule has 5 rings (SSSR count). The molecule has 2 nitrogen and oxygen atoms in total. The lowest BCUT2D eigenvalue weighted by Gasteiger charge is -2.63. The quantitative estimate of drug-likeness (QED) is 0.398. The minimum absolute atomic E-state index is 0.176. The van der Waals surface area contributed by atoms with E-state index in [0.29, 0.717) is 28.4 Å². The number of hydrogen-bond donors (Lipinski definition) is 2. The zero-order valence-electron chi connectivity index (χ0n) is 23.9. The van der Waals surface area contributed by atoms with Crippen LogP contribution in [0.1, 0.15) is 111 Å². The van der Waals surface area contributed by atoms with Crippen LogP contribution in [0.15, 0.2) is 24.3 Å². The molecule has 0 unspecified atom stereocenters. The van der Waals surface area contributed by atoms with Gasteiger partial charge < -0.3 is 10.2 Å². The molecular formula is C34H54O2. The number of aliphatic hydroxyl groups is 1. The molecular weight excluding hydrogens is 440 g/mol. The number of aromatic hydroxyl groups is 1. The average Bonchev–Trinajstić information content (AvgIpc) is 3.19. The number of phenolic OH excluding ortho intramolecular Hbond substituents is 1. The largest absolute Gasteiger partial charge is 0.508 e. The van der Waals surface area contributed by atoms with Gasteiger partial charge in [-0.25, -0.2) is 0 Å². The van der Waals surface area contributed by atoms with E-state index in [4.69, 9.17) is 0 Å². The van der Waals surface area contributed by atoms with Crippen molar-refractivity contribution in [1.29, 1.82) is 0 Å². The molecule has 0 aliphatic heterocycles. The van der Waals surface area contributed by atoms with E-state index < -0.39 is 0 Å². The Kier molecular flexibility index (Phi) is 7.59. The van der Waals surface area contributed by atoms with E-state index in [9.17, 15) is 10.2 Å². The van der Waals surface area contributed by atoms with Crippen LogP contribution in [0.3, 0.4) is 0 Å². The summed E-state index contributed by atoms with van der Waals surface area (Å²) in [6.07, 6.45) is 15.7. The van der Waals surface area contributed by atoms with Gasteiger partial charge in [-0.1, -0.05) is 66.0 Å². The van der Waals surface area contributed by atoms with Gasteiger partial charge in [0.15, 0.2) is 0 Å². The molecule has 0 bridgehead atoms. The summed E-state index contributed by atoms with van der Waals surface area (Å²) in [6, 6.07) is 7.74. The highest BCUT2D eigenvalue weighted by atomic mass is 16.3. The minimum atomic E-state index is -0.176. The Labute approximate surface area is 221 Å². The number of aliphatic hydroxyl groups excluding tert-OH is 1. The third-order valence-electron chi connectivity index (χ3n) is 12.5. The van der Waals surface area contributed by atoms with E-state index in [1.165, 1.54) is 69.8 Å². The highest BCUT2D eigenvalue weighted by Gasteiger charge is 2.61. The predicted octanol–water partition coefficient (Wildman–Crippen LogP) is 8.64. The Bertz CT molecular complexity index is 876. The number of rotatable bonds is 7. The fourth-order valence-corrected chi connectivity index (χ4v) is 10.7. The third kappa shape index (κ3) is 4.67. The van der Waals surface area contributed by atoms with Gasteiger partial charge in [0, 0.05) is 0 Å². The first-order chi connectivity index (χ1) is 17.1. The first-order valence-electron chi connectivity index (χ1n) is 15.6. The van der Waals surface area contributed by atoms with Crippen LogP contribution in [0.4, 0.5) is 0 Å². The van der Waals surface area contributed by atoms with E-state index in [-0.39, 0.29) is 6.10 Å². The third-order valence-corrected chi connectivity index (χ3v) is 12.5. The molecule has 4 saturated carbocycles. The van der Waals surface area contributed by atoms with E-state index in [2.05, 4.69) is 46.8 Å². The van der Waals surface area contributed by atoms with Crippen LogP contribution in [0.5, 0.6) is 5.75 Å². The van der Waals surface area contributed by atoms with Gasteiger partial charge in [0.1, 0.15) is 5.75 Å². The van der Waals surface area contributed by atoms with Crippen LogP contribution in [-0.2, 0) is 6.42 Å². The molecule has 2 N–H and O–H groups in total. The molecule has 0 spiro atoms. The first-order valence-corrected chi connectivity index (χ1v) is 15.6. The van der Waals surface area contributed by atoms with Gasteiger partial charge in [-0.2, -0.15) is 0 Å². The summed E-state index contributed by atoms with van der Waals surface area (Å²) < 4.78 is 0. The monoisotopic (exact) mass is 494 g/mol. The van der Waals surface area contributed by atoms with E-state index in [1.807, 2.05) is 12.1 Å². The second kappa shape index (κ2) is 10.3. The van der Waals surface area contributed by atoms with Crippen molar-refractivity contribution in [3.05, 3.63) is 29.8 Å². The van der Waals surface area contributed by atoms with Gasteiger partial charge in [-0.05, 0) is 134 Å². The summed E-state index contributed by atoms with van der Waals surface area (Å²) in [7, 11) is 0. The van der Waals surface area contributed by atoms with Crippen LogP contribution in [0.25, 0.3) is 0 Å². The smallest absolute Gasteiger partial charge is 0.115 e. The molecule has 1 aromatic carbocycles. The van der Waals surface area contributed by atoms with Crippen molar-refractivity contribution in [2.45, 2.75) is 118 Å². The number of fused-ring (bicyclic) bond motifs is 5. The molecule has 36 heavy (non-hydrogen) atoms. The van der Waals surface area contributed by atoms with Crippen molar-refractivity contribution >= 4 is 0 Å². The number of benzene rings is 1. The zero-order valence-corrected chi connectivity index (χ0v) is 23.9. The van der Waals surface area contributed by atoms with Crippen molar-refractivity contribution in [2.75, 3.05) is 0 Å². The molecule has 4 aliphatic carbocycles. The molecule has 0 amide bonds. The number of phenols is 1. The lowest BCUT2D eigenvalue weighted by molar-refractivity contribution is -0.152. The van der Waals surface area contributed by atoms with Crippen LogP contribution < -0.4 is 0 Å². The second-order valence-corrected chi connectivity index (χ2v) is 14.7. The molecule has 4 fully saturated rings. The maximum absolute atomic E-state index is 11.2. The molecule has 0 radical (unpaired) electrons. The van der Waals surface area contributed by atoms with Crippen LogP contribution >= 0.6 is 0 Å². The van der Waals surface area contributed by atoms with Crippen LogP contribution in [0, 0.1) is 58.2 Å². The minimum Gasteiger partial charge on any atom is -0.508 e. The Hall–Kier alpha value is -1.02. The second-order valence-electron chi connectivity index (χ2n) is 14.7. The maximum Gasteiger partial charge on any atom is 0.115 e. The van der Waals surface area contributed by atoms with Gasteiger partial charge in [-0.15, -0.1) is 0 Å². The highest BCUT2D eigenvalue weighted by molar-refractivity contribution is 5.26. The lowest BCUT2D eigenvalue weighted by atomic mass is 9.42. The van der Waals surface area contributed by atoms with E-state index in [0.717, 1.165) is 48.3 Å². The van der Waals surface area contributed by atoms with E-state index in [1.54, 1.807) is 0 Å². The number of hydrogen-bond acceptors (Lipinski definition) is 2. The van der Waals surface area contributed by atoms with Crippen LogP contribution in [-0.4, -0.2) is 16.3 Å². The Balaban J connectivity index is 1.31. The van der Waals surface area contributed by atoms with Crippen molar-refractivity contribution in [3.8, 4) is 5.75 Å². The van der Waals surface area contributed by atoms with Crippen molar-refractivity contribution in [3.63, 3.8) is 0 Å². The normalized spacial score (nSPS) is 43.0. The maximum atomic E-state index is 11.2. The van der Waals surface area contributed by atoms with Gasteiger partial charge >= 0.3 is 0 Å². The van der Waals surface area contributed by atoms with Crippen molar-refractivity contribution < 1.29 is 10.2 Å². The fourth-order valence-electron chi connectivity index (χ4n) is 10.7. The Morgan fingerprint density at radius 2 is 1.47 bits per heavy atom. The standard InChI is InChI=1S/C34H54O2/c1-22(2)7-6-8-23(3)28-15-16-29-26-13-14-30-27(21-24-9-11-25(35)12-10-24)32(36)18-20-34(30,5)31(26)17-19-33(28,29)4/h9-12,22-23,26-32,35-36H,6-8,13-21H2,1-5H3/t23-,26+,27+,28-,29+,30+,31+,32-,33-,34+/m1/s1. The summed E-state index contributed by atoms with van der Waals surface area (Å²) in [5.74, 6) is 6.64. The Morgan fingerprint density at radius 3 is 2.19 bits per heavy atom. The van der Waals surface area contributed by atoms with E-state index >= 15 is 0 Å². The van der Waals surface area contributed by atoms with Crippen molar-refractivity contribution in [2.24, 2.45) is 58.2 Å². The molecule has 202 valence electrons. The predicted molar refractivity (Wildman–Crippen MR) is 150 cm³/mol. The van der Waals surface area contributed by atoms with Gasteiger partial charge in [0.2, 0.25) is 0 Å². The zero-order chi connectivity index (χ0) is 25.7. The van der Waals surface area contributed by atoms with Crippen molar-refractivity contribution in [1.82, 2.24) is 0 Å². The summed E-state index contributed by atoms with van der Waals surface area (Å²) in [5.41, 5.74) is 2.21. The Morgan fingerprint density at radius 1 is 0.806 bits per heavy atom. The highest BCUT2D eigenvalue weighted by Crippen LogP contribution is 2.69. The summed E-state index contributed by atoms with van der Waals surface area (Å²) in [6.45, 7) is 12.7. The SMILES string of the molecule is CC(C)CCC[C@@H](C)[C@H]1CC[C@H]2[C@@H]3CC[C@H]4[C@H](Cc5ccc(O)cc5)[C@H](O)CC[C@]4(C)[C@H]3CC[C@]12C. The fraction of sp³-hybridized carbons (Fsp3) is 0.824. The topological polar surface area (TPSA) is 40.5 Å². The molecule has 0 saturated heterocycles. The lowest BCUT2D eigenvalue weighted by Crippen LogP contribution is -2.57. The summed E-state index contributed by atoms with van der Waals surface area (Å²) in [5, 5.41) is 20.9. The molecule has 0 aromatic heterocycles.